The number of halogens is 1. The molecule has 0 saturated carbocycles. The highest BCUT2D eigenvalue weighted by atomic mass is 79.9. The Morgan fingerprint density at radius 2 is 2.11 bits per heavy atom. The van der Waals surface area contributed by atoms with E-state index in [2.05, 4.69) is 22.0 Å². The topological polar surface area (TPSA) is 48.0 Å². The lowest BCUT2D eigenvalue weighted by Gasteiger charge is -2.25. The Morgan fingerprint density at radius 1 is 1.18 bits per heavy atom. The fraction of sp³-hybridized carbons (Fsp3) is 0.409. The second kappa shape index (κ2) is 5.97. The Bertz CT molecular complexity index is 1000. The van der Waals surface area contributed by atoms with Crippen LogP contribution in [0.15, 0.2) is 34.8 Å². The highest BCUT2D eigenvalue weighted by molar-refractivity contribution is 9.10. The zero-order valence-corrected chi connectivity index (χ0v) is 17.0. The Labute approximate surface area is 171 Å². The van der Waals surface area contributed by atoms with Gasteiger partial charge in [0.15, 0.2) is 0 Å². The summed E-state index contributed by atoms with van der Waals surface area (Å²) in [6.45, 7) is 2.38. The van der Waals surface area contributed by atoms with Gasteiger partial charge in [0.2, 0.25) is 5.91 Å². The molecule has 0 radical (unpaired) electrons. The van der Waals surface area contributed by atoms with Crippen molar-refractivity contribution in [1.82, 2.24) is 0 Å². The number of benzene rings is 2. The average molecular weight is 442 g/mol. The third kappa shape index (κ3) is 2.13. The van der Waals surface area contributed by atoms with Gasteiger partial charge in [0.05, 0.1) is 19.3 Å². The summed E-state index contributed by atoms with van der Waals surface area (Å²) in [6, 6.07) is 10.1. The van der Waals surface area contributed by atoms with Crippen LogP contribution in [-0.4, -0.2) is 38.4 Å². The van der Waals surface area contributed by atoms with Crippen LogP contribution in [0.5, 0.6) is 11.5 Å². The largest absolute Gasteiger partial charge is 0.493 e. The first-order chi connectivity index (χ1) is 13.7. The van der Waals surface area contributed by atoms with Gasteiger partial charge in [-0.3, -0.25) is 4.79 Å². The van der Waals surface area contributed by atoms with Crippen molar-refractivity contribution in [2.24, 2.45) is 0 Å². The summed E-state index contributed by atoms with van der Waals surface area (Å²) in [7, 11) is 0. The van der Waals surface area contributed by atoms with E-state index in [0.29, 0.717) is 19.8 Å². The molecule has 2 unspecified atom stereocenters. The first kappa shape index (κ1) is 16.9. The van der Waals surface area contributed by atoms with Crippen molar-refractivity contribution >= 4 is 27.5 Å². The normalized spacial score (nSPS) is 27.0. The first-order valence-electron chi connectivity index (χ1n) is 9.84. The van der Waals surface area contributed by atoms with Crippen LogP contribution in [0, 0.1) is 0 Å². The third-order valence-electron chi connectivity index (χ3n) is 6.43. The van der Waals surface area contributed by atoms with Crippen molar-refractivity contribution in [2.75, 3.05) is 31.3 Å². The molecule has 4 heterocycles. The van der Waals surface area contributed by atoms with Crippen molar-refractivity contribution < 1.29 is 19.0 Å². The molecule has 4 aliphatic heterocycles. The molecule has 1 spiro atoms. The number of amides is 1. The predicted octanol–water partition coefficient (Wildman–Crippen LogP) is 3.59. The molecule has 5 nitrogen and oxygen atoms in total. The molecular formula is C22H20BrNO4. The van der Waals surface area contributed by atoms with Crippen LogP contribution in [0.25, 0.3) is 0 Å². The summed E-state index contributed by atoms with van der Waals surface area (Å²) in [5.41, 5.74) is 3.28. The Morgan fingerprint density at radius 3 is 2.96 bits per heavy atom. The van der Waals surface area contributed by atoms with Gasteiger partial charge in [-0.1, -0.05) is 22.0 Å². The van der Waals surface area contributed by atoms with Gasteiger partial charge in [-0.25, -0.2) is 0 Å². The van der Waals surface area contributed by atoms with E-state index >= 15 is 0 Å². The number of hydrogen-bond donors (Lipinski definition) is 0. The van der Waals surface area contributed by atoms with Gasteiger partial charge in [-0.15, -0.1) is 0 Å². The summed E-state index contributed by atoms with van der Waals surface area (Å²) in [5.74, 6) is 1.72. The Kier molecular flexibility index (Phi) is 3.60. The summed E-state index contributed by atoms with van der Waals surface area (Å²) < 4.78 is 18.6. The molecule has 4 aliphatic rings. The minimum Gasteiger partial charge on any atom is -0.493 e. The lowest BCUT2D eigenvalue weighted by molar-refractivity contribution is -0.122. The molecule has 0 N–H and O–H groups in total. The zero-order valence-electron chi connectivity index (χ0n) is 15.4. The van der Waals surface area contributed by atoms with E-state index < -0.39 is 5.41 Å². The molecule has 2 aromatic carbocycles. The van der Waals surface area contributed by atoms with E-state index in [1.165, 1.54) is 0 Å². The molecule has 6 heteroatoms. The van der Waals surface area contributed by atoms with E-state index in [0.717, 1.165) is 64.2 Å². The molecule has 1 fully saturated rings. The molecular weight excluding hydrogens is 422 g/mol. The number of anilines is 1. The number of rotatable bonds is 2. The standard InChI is InChI=1S/C22H20BrNO4/c23-16-4-1-5-17-20(16)22(21(25)24(17)11-14-3-2-7-26-14)12-28-19-10-18-13(6-8-27-18)9-15(19)22/h1,4-5,9-10,14H,2-3,6-8,11-12H2. The van der Waals surface area contributed by atoms with E-state index in [9.17, 15) is 4.79 Å². The molecule has 1 amide bonds. The van der Waals surface area contributed by atoms with Crippen LogP contribution in [0.3, 0.4) is 0 Å². The maximum Gasteiger partial charge on any atom is 0.245 e. The van der Waals surface area contributed by atoms with Gasteiger partial charge in [-0.2, -0.15) is 0 Å². The summed E-state index contributed by atoms with van der Waals surface area (Å²) in [6.07, 6.45) is 3.02. The lowest BCUT2D eigenvalue weighted by Crippen LogP contribution is -2.45. The van der Waals surface area contributed by atoms with Crippen LogP contribution >= 0.6 is 15.9 Å². The number of fused-ring (bicyclic) bond motifs is 5. The molecule has 0 aliphatic carbocycles. The van der Waals surface area contributed by atoms with Crippen molar-refractivity contribution in [3.63, 3.8) is 0 Å². The monoisotopic (exact) mass is 441 g/mol. The number of hydrogen-bond acceptors (Lipinski definition) is 4. The minimum absolute atomic E-state index is 0.0857. The molecule has 0 bridgehead atoms. The third-order valence-corrected chi connectivity index (χ3v) is 7.09. The van der Waals surface area contributed by atoms with Gasteiger partial charge in [0.1, 0.15) is 23.5 Å². The van der Waals surface area contributed by atoms with Crippen molar-refractivity contribution in [1.29, 1.82) is 0 Å². The molecule has 0 aromatic heterocycles. The van der Waals surface area contributed by atoms with Crippen LogP contribution in [-0.2, 0) is 21.4 Å². The van der Waals surface area contributed by atoms with Crippen LogP contribution in [0.4, 0.5) is 5.69 Å². The average Bonchev–Trinajstić information content (AvgIpc) is 3.46. The minimum atomic E-state index is -0.805. The second-order valence-corrected chi connectivity index (χ2v) is 8.79. The molecule has 1 saturated heterocycles. The predicted molar refractivity (Wildman–Crippen MR) is 107 cm³/mol. The number of nitrogens with zero attached hydrogens (tertiary/aromatic N) is 1. The van der Waals surface area contributed by atoms with Crippen LogP contribution < -0.4 is 14.4 Å². The van der Waals surface area contributed by atoms with Crippen LogP contribution in [0.2, 0.25) is 0 Å². The van der Waals surface area contributed by atoms with Crippen molar-refractivity contribution in [3.05, 3.63) is 51.5 Å². The van der Waals surface area contributed by atoms with Gasteiger partial charge < -0.3 is 19.1 Å². The second-order valence-electron chi connectivity index (χ2n) is 7.93. The van der Waals surface area contributed by atoms with Gasteiger partial charge in [0, 0.05) is 40.4 Å². The summed E-state index contributed by atoms with van der Waals surface area (Å²) in [4.78, 5) is 15.8. The van der Waals surface area contributed by atoms with Gasteiger partial charge in [0.25, 0.3) is 0 Å². The molecule has 144 valence electrons. The molecule has 2 atom stereocenters. The zero-order chi connectivity index (χ0) is 18.9. The van der Waals surface area contributed by atoms with Crippen molar-refractivity contribution in [3.8, 4) is 11.5 Å². The number of carbonyl (C=O) groups is 1. The maximum atomic E-state index is 13.9. The molecule has 2 aromatic rings. The fourth-order valence-corrected chi connectivity index (χ4v) is 5.78. The fourth-order valence-electron chi connectivity index (χ4n) is 5.09. The summed E-state index contributed by atoms with van der Waals surface area (Å²) in [5, 5.41) is 0. The molecule has 6 rings (SSSR count). The quantitative estimate of drug-likeness (QED) is 0.714. The number of carbonyl (C=O) groups excluding carboxylic acids is 1. The van der Waals surface area contributed by atoms with Crippen LogP contribution in [0.1, 0.15) is 29.5 Å². The molecule has 28 heavy (non-hydrogen) atoms. The summed E-state index contributed by atoms with van der Waals surface area (Å²) >= 11 is 3.72. The highest BCUT2D eigenvalue weighted by Gasteiger charge is 2.58. The first-order valence-corrected chi connectivity index (χ1v) is 10.6. The van der Waals surface area contributed by atoms with E-state index in [4.69, 9.17) is 14.2 Å². The van der Waals surface area contributed by atoms with E-state index in [-0.39, 0.29) is 12.0 Å². The SMILES string of the molecule is O=C1N(CC2CCCO2)c2cccc(Br)c2C12COc1cc3c(cc12)CCO3. The highest BCUT2D eigenvalue weighted by Crippen LogP contribution is 2.55. The number of ether oxygens (including phenoxy) is 3. The maximum absolute atomic E-state index is 13.9. The smallest absolute Gasteiger partial charge is 0.245 e. The Hall–Kier alpha value is -2.05. The van der Waals surface area contributed by atoms with E-state index in [1.54, 1.807) is 0 Å². The van der Waals surface area contributed by atoms with Crippen molar-refractivity contribution in [2.45, 2.75) is 30.8 Å². The lowest BCUT2D eigenvalue weighted by atomic mass is 9.76. The van der Waals surface area contributed by atoms with E-state index in [1.807, 2.05) is 29.2 Å². The van der Waals surface area contributed by atoms with Gasteiger partial charge >= 0.3 is 0 Å². The Balaban J connectivity index is 1.53. The van der Waals surface area contributed by atoms with Gasteiger partial charge in [-0.05, 0) is 36.6 Å².